The number of alkyl halides is 2. The Labute approximate surface area is 179 Å². The number of rotatable bonds is 10. The number of carbonyl (C=O) groups is 1. The first-order chi connectivity index (χ1) is 14.2. The number of halogens is 3. The number of hydrogen-bond acceptors (Lipinski definition) is 4. The van der Waals surface area contributed by atoms with Gasteiger partial charge in [-0.15, -0.1) is 0 Å². The van der Waals surface area contributed by atoms with Gasteiger partial charge in [-0.3, -0.25) is 9.52 Å². The van der Waals surface area contributed by atoms with Crippen molar-refractivity contribution in [3.8, 4) is 0 Å². The van der Waals surface area contributed by atoms with Gasteiger partial charge in [-0.2, -0.15) is 0 Å². The molecule has 0 aliphatic heterocycles. The van der Waals surface area contributed by atoms with Crippen molar-refractivity contribution in [1.29, 1.82) is 0 Å². The van der Waals surface area contributed by atoms with Crippen LogP contribution in [-0.4, -0.2) is 52.5 Å². The maximum atomic E-state index is 12.6. The van der Waals surface area contributed by atoms with Gasteiger partial charge in [0, 0.05) is 19.7 Å². The summed E-state index contributed by atoms with van der Waals surface area (Å²) in [6, 6.07) is 12.2. The highest BCUT2D eigenvalue weighted by molar-refractivity contribution is 7.92. The van der Waals surface area contributed by atoms with Gasteiger partial charge in [0.2, 0.25) is 5.91 Å². The van der Waals surface area contributed by atoms with Crippen LogP contribution in [0, 0.1) is 0 Å². The molecule has 0 aliphatic rings. The van der Waals surface area contributed by atoms with Gasteiger partial charge in [0.05, 0.1) is 28.8 Å². The van der Waals surface area contributed by atoms with Crippen LogP contribution in [0.15, 0.2) is 59.5 Å². The molecule has 0 atom stereocenters. The van der Waals surface area contributed by atoms with E-state index in [1.165, 1.54) is 43.5 Å². The number of nitrogens with zero attached hydrogens (tertiary/aromatic N) is 1. The maximum absolute atomic E-state index is 12.6. The third-order valence-corrected chi connectivity index (χ3v) is 5.67. The molecule has 10 heteroatoms. The zero-order chi connectivity index (χ0) is 22.1. The largest absolute Gasteiger partial charge is 0.383 e. The monoisotopic (exact) mass is 458 g/mol. The number of benzene rings is 2. The number of hydrogen-bond donors (Lipinski definition) is 1. The summed E-state index contributed by atoms with van der Waals surface area (Å²) in [7, 11) is -2.44. The summed E-state index contributed by atoms with van der Waals surface area (Å²) in [5, 5.41) is 0.265. The van der Waals surface area contributed by atoms with E-state index in [9.17, 15) is 22.0 Å². The van der Waals surface area contributed by atoms with E-state index in [1.54, 1.807) is 18.2 Å². The number of ether oxygens (including phenoxy) is 1. The van der Waals surface area contributed by atoms with Gasteiger partial charge < -0.3 is 9.64 Å². The molecule has 0 radical (unpaired) electrons. The van der Waals surface area contributed by atoms with Gasteiger partial charge in [-0.05, 0) is 35.9 Å². The van der Waals surface area contributed by atoms with Crippen molar-refractivity contribution in [2.75, 3.05) is 31.5 Å². The van der Waals surface area contributed by atoms with Crippen LogP contribution in [0.1, 0.15) is 5.56 Å². The van der Waals surface area contributed by atoms with Crippen LogP contribution in [0.5, 0.6) is 0 Å². The van der Waals surface area contributed by atoms with Crippen LogP contribution in [0.3, 0.4) is 0 Å². The highest BCUT2D eigenvalue weighted by Crippen LogP contribution is 2.24. The van der Waals surface area contributed by atoms with E-state index in [4.69, 9.17) is 16.3 Å². The first-order valence-corrected chi connectivity index (χ1v) is 10.7. The van der Waals surface area contributed by atoms with Crippen LogP contribution in [0.2, 0.25) is 5.02 Å². The molecule has 1 N–H and O–H groups in total. The van der Waals surface area contributed by atoms with Crippen molar-refractivity contribution in [2.45, 2.75) is 11.3 Å². The fourth-order valence-corrected chi connectivity index (χ4v) is 3.76. The first-order valence-electron chi connectivity index (χ1n) is 8.84. The number of sulfonamides is 1. The number of para-hydroxylation sites is 1. The molecular formula is C20H21ClF2N2O4S. The molecule has 0 spiro atoms. The molecule has 0 saturated heterocycles. The van der Waals surface area contributed by atoms with Crippen molar-refractivity contribution >= 4 is 39.3 Å². The third-order valence-electron chi connectivity index (χ3n) is 3.96. The van der Waals surface area contributed by atoms with E-state index in [0.717, 1.165) is 11.0 Å². The van der Waals surface area contributed by atoms with Crippen molar-refractivity contribution in [1.82, 2.24) is 4.90 Å². The molecular weight excluding hydrogens is 438 g/mol. The molecule has 0 aliphatic carbocycles. The summed E-state index contributed by atoms with van der Waals surface area (Å²) in [6.07, 6.45) is -0.0796. The lowest BCUT2D eigenvalue weighted by molar-refractivity contribution is -0.128. The van der Waals surface area contributed by atoms with Gasteiger partial charge in [0.25, 0.3) is 16.4 Å². The molecule has 2 rings (SSSR count). The van der Waals surface area contributed by atoms with Crippen molar-refractivity contribution in [2.24, 2.45) is 0 Å². The van der Waals surface area contributed by atoms with Crippen molar-refractivity contribution in [3.05, 3.63) is 65.2 Å². The number of amides is 1. The lowest BCUT2D eigenvalue weighted by Crippen LogP contribution is -2.36. The topological polar surface area (TPSA) is 75.7 Å². The van der Waals surface area contributed by atoms with Gasteiger partial charge in [0.15, 0.2) is 0 Å². The molecule has 1 amide bonds. The van der Waals surface area contributed by atoms with Gasteiger partial charge in [-0.1, -0.05) is 35.9 Å². The summed E-state index contributed by atoms with van der Waals surface area (Å²) >= 11 is 5.98. The molecule has 0 unspecified atom stereocenters. The Morgan fingerprint density at radius 1 is 1.20 bits per heavy atom. The minimum absolute atomic E-state index is 0.00492. The summed E-state index contributed by atoms with van der Waals surface area (Å²) in [4.78, 5) is 13.1. The van der Waals surface area contributed by atoms with E-state index in [0.29, 0.717) is 5.56 Å². The SMILES string of the molecule is COCCN(CC(F)F)C(=O)C=Cc1ccc(S(=O)(=O)Nc2ccccc2Cl)cc1. The predicted octanol–water partition coefficient (Wildman–Crippen LogP) is 3.89. The predicted molar refractivity (Wildman–Crippen MR) is 112 cm³/mol. The van der Waals surface area contributed by atoms with Crippen LogP contribution in [-0.2, 0) is 19.6 Å². The molecule has 30 heavy (non-hydrogen) atoms. The fourth-order valence-electron chi connectivity index (χ4n) is 2.44. The van der Waals surface area contributed by atoms with Crippen molar-refractivity contribution < 1.29 is 26.7 Å². The van der Waals surface area contributed by atoms with Crippen LogP contribution >= 0.6 is 11.6 Å². The zero-order valence-corrected chi connectivity index (χ0v) is 17.7. The molecule has 162 valence electrons. The molecule has 0 aromatic heterocycles. The Morgan fingerprint density at radius 3 is 2.47 bits per heavy atom. The molecule has 2 aromatic rings. The van der Waals surface area contributed by atoms with E-state index in [1.807, 2.05) is 0 Å². The normalized spacial score (nSPS) is 11.8. The Bertz CT molecular complexity index is 983. The van der Waals surface area contributed by atoms with Gasteiger partial charge >= 0.3 is 0 Å². The Morgan fingerprint density at radius 2 is 1.87 bits per heavy atom. The quantitative estimate of drug-likeness (QED) is 0.548. The number of anilines is 1. The smallest absolute Gasteiger partial charge is 0.261 e. The zero-order valence-electron chi connectivity index (χ0n) is 16.1. The third kappa shape index (κ3) is 7.08. The van der Waals surface area contributed by atoms with Crippen LogP contribution < -0.4 is 4.72 Å². The summed E-state index contributed by atoms with van der Waals surface area (Å²) in [5.74, 6) is -0.593. The molecule has 0 heterocycles. The summed E-state index contributed by atoms with van der Waals surface area (Å²) in [5.41, 5.74) is 0.785. The second-order valence-corrected chi connectivity index (χ2v) is 8.25. The summed E-state index contributed by atoms with van der Waals surface area (Å²) < 4.78 is 57.5. The first kappa shape index (κ1) is 23.8. The Kier molecular flexibility index (Phi) is 8.76. The Hall–Kier alpha value is -2.49. The van der Waals surface area contributed by atoms with Crippen molar-refractivity contribution in [3.63, 3.8) is 0 Å². The molecule has 0 saturated carbocycles. The van der Waals surface area contributed by atoms with Crippen LogP contribution in [0.25, 0.3) is 6.08 Å². The lowest BCUT2D eigenvalue weighted by Gasteiger charge is -2.20. The van der Waals surface area contributed by atoms with Gasteiger partial charge in [0.1, 0.15) is 0 Å². The average molecular weight is 459 g/mol. The molecule has 0 fully saturated rings. The Balaban J connectivity index is 2.09. The van der Waals surface area contributed by atoms with Crippen LogP contribution in [0.4, 0.5) is 14.5 Å². The lowest BCUT2D eigenvalue weighted by atomic mass is 10.2. The highest BCUT2D eigenvalue weighted by Gasteiger charge is 2.17. The number of nitrogens with one attached hydrogen (secondary N) is 1. The number of carbonyl (C=O) groups excluding carboxylic acids is 1. The standard InChI is InChI=1S/C20H21ClF2N2O4S/c1-29-13-12-25(14-19(22)23)20(26)11-8-15-6-9-16(10-7-15)30(27,28)24-18-5-3-2-4-17(18)21/h2-11,19,24H,12-14H2,1H3. The van der Waals surface area contributed by atoms with E-state index < -0.39 is 28.9 Å². The second kappa shape index (κ2) is 11.1. The van der Waals surface area contributed by atoms with Gasteiger partial charge in [-0.25, -0.2) is 17.2 Å². The molecule has 0 bridgehead atoms. The van der Waals surface area contributed by atoms with E-state index >= 15 is 0 Å². The minimum atomic E-state index is -3.85. The molecule has 6 nitrogen and oxygen atoms in total. The second-order valence-electron chi connectivity index (χ2n) is 6.16. The highest BCUT2D eigenvalue weighted by atomic mass is 35.5. The summed E-state index contributed by atoms with van der Waals surface area (Å²) in [6.45, 7) is -0.524. The minimum Gasteiger partial charge on any atom is -0.383 e. The maximum Gasteiger partial charge on any atom is 0.261 e. The van der Waals surface area contributed by atoms with E-state index in [2.05, 4.69) is 4.72 Å². The van der Waals surface area contributed by atoms with E-state index in [-0.39, 0.29) is 28.8 Å². The molecule has 2 aromatic carbocycles. The number of methoxy groups -OCH3 is 1. The fraction of sp³-hybridized carbons (Fsp3) is 0.250. The average Bonchev–Trinajstić information content (AvgIpc) is 2.71.